The van der Waals surface area contributed by atoms with Crippen molar-refractivity contribution in [3.63, 3.8) is 0 Å². The number of hydrogen-bond acceptors (Lipinski definition) is 2. The first-order chi connectivity index (χ1) is 7.54. The lowest BCUT2D eigenvalue weighted by Crippen LogP contribution is -2.06. The minimum absolute atomic E-state index is 0.0362. The molecule has 2 rings (SSSR count). The van der Waals surface area contributed by atoms with Crippen LogP contribution >= 0.6 is 11.6 Å². The zero-order chi connectivity index (χ0) is 11.9. The molecule has 0 bridgehead atoms. The van der Waals surface area contributed by atoms with Crippen molar-refractivity contribution < 1.29 is 4.42 Å². The van der Waals surface area contributed by atoms with Gasteiger partial charge in [-0.2, -0.15) is 0 Å². The molecule has 86 valence electrons. The number of hydrogen-bond donors (Lipinski definition) is 1. The van der Waals surface area contributed by atoms with E-state index in [9.17, 15) is 0 Å². The molecule has 0 fully saturated rings. The Morgan fingerprint density at radius 2 is 2.06 bits per heavy atom. The lowest BCUT2D eigenvalue weighted by molar-refractivity contribution is 0.488. The van der Waals surface area contributed by atoms with Crippen molar-refractivity contribution in [2.24, 2.45) is 5.73 Å². The Balaban J connectivity index is 2.66. The molecular weight excluding hydrogens is 222 g/mol. The largest absolute Gasteiger partial charge is 0.459 e. The molecule has 1 unspecified atom stereocenters. The number of benzene rings is 1. The Kier molecular flexibility index (Phi) is 2.96. The second-order valence-electron chi connectivity index (χ2n) is 4.21. The minimum atomic E-state index is -0.0362. The van der Waals surface area contributed by atoms with Crippen molar-refractivity contribution in [2.75, 3.05) is 0 Å². The zero-order valence-corrected chi connectivity index (χ0v) is 10.6. The van der Waals surface area contributed by atoms with Gasteiger partial charge in [-0.3, -0.25) is 0 Å². The number of nitrogens with two attached hydrogens (primary N) is 1. The molecule has 2 aromatic rings. The van der Waals surface area contributed by atoms with Crippen molar-refractivity contribution in [2.45, 2.75) is 33.2 Å². The lowest BCUT2D eigenvalue weighted by atomic mass is 10.1. The molecule has 1 aromatic carbocycles. The molecule has 0 amide bonds. The van der Waals surface area contributed by atoms with Gasteiger partial charge in [-0.15, -0.1) is 0 Å². The molecule has 2 nitrogen and oxygen atoms in total. The summed E-state index contributed by atoms with van der Waals surface area (Å²) in [5.74, 6) is 0.835. The van der Waals surface area contributed by atoms with Crippen molar-refractivity contribution in [1.29, 1.82) is 0 Å². The molecule has 0 aliphatic rings. The maximum Gasteiger partial charge on any atom is 0.135 e. The van der Waals surface area contributed by atoms with Crippen LogP contribution in [0.1, 0.15) is 36.3 Å². The molecule has 0 saturated heterocycles. The number of furan rings is 1. The van der Waals surface area contributed by atoms with Crippen LogP contribution in [0.25, 0.3) is 11.0 Å². The normalized spacial score (nSPS) is 13.3. The maximum atomic E-state index is 6.21. The third-order valence-corrected chi connectivity index (χ3v) is 3.59. The first-order valence-electron chi connectivity index (χ1n) is 5.49. The molecular formula is C13H16ClNO. The van der Waals surface area contributed by atoms with Gasteiger partial charge in [0.2, 0.25) is 0 Å². The highest BCUT2D eigenvalue weighted by molar-refractivity contribution is 6.33. The van der Waals surface area contributed by atoms with E-state index in [1.54, 1.807) is 0 Å². The Morgan fingerprint density at radius 1 is 1.38 bits per heavy atom. The molecule has 16 heavy (non-hydrogen) atoms. The zero-order valence-electron chi connectivity index (χ0n) is 9.80. The number of aryl methyl sites for hydroxylation is 2. The molecule has 2 N–H and O–H groups in total. The summed E-state index contributed by atoms with van der Waals surface area (Å²) < 4.78 is 5.75. The lowest BCUT2D eigenvalue weighted by Gasteiger charge is -2.02. The highest BCUT2D eigenvalue weighted by Gasteiger charge is 2.14. The van der Waals surface area contributed by atoms with E-state index in [0.717, 1.165) is 39.3 Å². The predicted octanol–water partition coefficient (Wildman–Crippen LogP) is 4.11. The molecule has 0 aliphatic carbocycles. The van der Waals surface area contributed by atoms with Gasteiger partial charge in [-0.25, -0.2) is 0 Å². The van der Waals surface area contributed by atoms with Crippen LogP contribution < -0.4 is 5.73 Å². The summed E-state index contributed by atoms with van der Waals surface area (Å²) in [7, 11) is 0. The summed E-state index contributed by atoms with van der Waals surface area (Å²) in [6.07, 6.45) is 0.867. The van der Waals surface area contributed by atoms with Crippen molar-refractivity contribution >= 4 is 22.6 Å². The van der Waals surface area contributed by atoms with Crippen LogP contribution in [0.5, 0.6) is 0 Å². The average Bonchev–Trinajstić information content (AvgIpc) is 2.69. The standard InChI is InChI=1S/C13H16ClNO/c1-4-10(15)12-6-9-8(3)13(14)7(2)5-11(9)16-12/h5-6,10H,4,15H2,1-3H3. The topological polar surface area (TPSA) is 39.2 Å². The van der Waals surface area contributed by atoms with Crippen LogP contribution in [0.15, 0.2) is 16.5 Å². The van der Waals surface area contributed by atoms with E-state index in [-0.39, 0.29) is 6.04 Å². The van der Waals surface area contributed by atoms with Crippen LogP contribution in [0, 0.1) is 13.8 Å². The van der Waals surface area contributed by atoms with E-state index in [4.69, 9.17) is 21.8 Å². The van der Waals surface area contributed by atoms with Gasteiger partial charge >= 0.3 is 0 Å². The van der Waals surface area contributed by atoms with Crippen molar-refractivity contribution in [3.05, 3.63) is 34.0 Å². The van der Waals surface area contributed by atoms with Crippen molar-refractivity contribution in [3.8, 4) is 0 Å². The SMILES string of the molecule is CCC(N)c1cc2c(C)c(Cl)c(C)cc2o1. The molecule has 1 aromatic heterocycles. The first kappa shape index (κ1) is 11.5. The van der Waals surface area contributed by atoms with Crippen LogP contribution in [-0.4, -0.2) is 0 Å². The van der Waals surface area contributed by atoms with E-state index in [1.165, 1.54) is 0 Å². The molecule has 0 saturated carbocycles. The Bertz CT molecular complexity index is 530. The van der Waals surface area contributed by atoms with Crippen LogP contribution in [0.3, 0.4) is 0 Å². The number of halogens is 1. The van der Waals surface area contributed by atoms with E-state index in [1.807, 2.05) is 32.9 Å². The van der Waals surface area contributed by atoms with E-state index >= 15 is 0 Å². The smallest absolute Gasteiger partial charge is 0.135 e. The fourth-order valence-corrected chi connectivity index (χ4v) is 2.04. The monoisotopic (exact) mass is 237 g/mol. The van der Waals surface area contributed by atoms with Gasteiger partial charge in [0.15, 0.2) is 0 Å². The maximum absolute atomic E-state index is 6.21. The highest BCUT2D eigenvalue weighted by atomic mass is 35.5. The van der Waals surface area contributed by atoms with Gasteiger partial charge in [0.25, 0.3) is 0 Å². The molecule has 0 spiro atoms. The van der Waals surface area contributed by atoms with Gasteiger partial charge in [0.05, 0.1) is 6.04 Å². The third kappa shape index (κ3) is 1.72. The quantitative estimate of drug-likeness (QED) is 0.854. The van der Waals surface area contributed by atoms with Gasteiger partial charge < -0.3 is 10.2 Å². The van der Waals surface area contributed by atoms with Gasteiger partial charge in [0, 0.05) is 10.4 Å². The summed E-state index contributed by atoms with van der Waals surface area (Å²) in [5.41, 5.74) is 8.94. The molecule has 3 heteroatoms. The summed E-state index contributed by atoms with van der Waals surface area (Å²) in [6, 6.07) is 3.94. The summed E-state index contributed by atoms with van der Waals surface area (Å²) in [5, 5.41) is 1.87. The number of fused-ring (bicyclic) bond motifs is 1. The molecule has 1 heterocycles. The molecule has 0 aliphatic heterocycles. The molecule has 0 radical (unpaired) electrons. The summed E-state index contributed by atoms with van der Waals surface area (Å²) >= 11 is 6.21. The predicted molar refractivity (Wildman–Crippen MR) is 67.9 cm³/mol. The van der Waals surface area contributed by atoms with E-state index in [2.05, 4.69) is 0 Å². The van der Waals surface area contributed by atoms with Gasteiger partial charge in [-0.1, -0.05) is 18.5 Å². The minimum Gasteiger partial charge on any atom is -0.459 e. The van der Waals surface area contributed by atoms with Crippen LogP contribution in [-0.2, 0) is 0 Å². The second-order valence-corrected chi connectivity index (χ2v) is 4.59. The Hall–Kier alpha value is -0.990. The number of rotatable bonds is 2. The Labute approximate surface area is 100 Å². The van der Waals surface area contributed by atoms with Crippen LogP contribution in [0.4, 0.5) is 0 Å². The average molecular weight is 238 g/mol. The van der Waals surface area contributed by atoms with Crippen LogP contribution in [0.2, 0.25) is 5.02 Å². The van der Waals surface area contributed by atoms with Gasteiger partial charge in [-0.05, 0) is 43.5 Å². The summed E-state index contributed by atoms with van der Waals surface area (Å²) in [4.78, 5) is 0. The third-order valence-electron chi connectivity index (χ3n) is 3.01. The van der Waals surface area contributed by atoms with E-state index < -0.39 is 0 Å². The summed E-state index contributed by atoms with van der Waals surface area (Å²) in [6.45, 7) is 6.04. The van der Waals surface area contributed by atoms with Gasteiger partial charge in [0.1, 0.15) is 11.3 Å². The van der Waals surface area contributed by atoms with E-state index in [0.29, 0.717) is 0 Å². The fourth-order valence-electron chi connectivity index (χ4n) is 1.88. The Morgan fingerprint density at radius 3 is 2.69 bits per heavy atom. The first-order valence-corrected chi connectivity index (χ1v) is 5.87. The van der Waals surface area contributed by atoms with Crippen molar-refractivity contribution in [1.82, 2.24) is 0 Å². The highest BCUT2D eigenvalue weighted by Crippen LogP contribution is 2.32. The fraction of sp³-hybridized carbons (Fsp3) is 0.385. The second kappa shape index (κ2) is 4.11. The molecule has 1 atom stereocenters.